The molecule has 45 heavy (non-hydrogen) atoms. The zero-order chi connectivity index (χ0) is 32.0. The molecule has 3 saturated carbocycles. The van der Waals surface area contributed by atoms with E-state index in [2.05, 4.69) is 11.7 Å². The molecule has 10 heteroatoms. The molecule has 0 radical (unpaired) electrons. The normalized spacial score (nSPS) is 33.6. The Morgan fingerprint density at radius 3 is 2.00 bits per heavy atom. The Morgan fingerprint density at radius 1 is 0.756 bits per heavy atom. The van der Waals surface area contributed by atoms with Crippen molar-refractivity contribution in [2.75, 3.05) is 13.2 Å². The average Bonchev–Trinajstić information content (AvgIpc) is 3.02. The average molecular weight is 649 g/mol. The van der Waals surface area contributed by atoms with Crippen LogP contribution in [0.4, 0.5) is 26.3 Å². The van der Waals surface area contributed by atoms with Gasteiger partial charge in [0.05, 0.1) is 25.2 Å². The van der Waals surface area contributed by atoms with Crippen LogP contribution in [0.1, 0.15) is 121 Å². The number of unbranched alkanes of at least 4 members (excludes halogenated alkanes) is 2. The van der Waals surface area contributed by atoms with Crippen molar-refractivity contribution in [3.63, 3.8) is 0 Å². The number of hydrogen-bond acceptors (Lipinski definition) is 4. The molecule has 0 N–H and O–H groups in total. The summed E-state index contributed by atoms with van der Waals surface area (Å²) >= 11 is 0. The molecule has 4 fully saturated rings. The fourth-order valence-corrected chi connectivity index (χ4v) is 8.25. The molecule has 4 aliphatic rings. The Labute approximate surface area is 263 Å². The van der Waals surface area contributed by atoms with Gasteiger partial charge >= 0.3 is 12.5 Å². The zero-order valence-electron chi connectivity index (χ0n) is 26.5. The summed E-state index contributed by atoms with van der Waals surface area (Å²) in [7, 11) is 0. The lowest BCUT2D eigenvalue weighted by atomic mass is 9.74. The van der Waals surface area contributed by atoms with Gasteiger partial charge in [-0.15, -0.1) is 13.2 Å². The molecular weight excluding hydrogens is 598 g/mol. The van der Waals surface area contributed by atoms with Gasteiger partial charge in [-0.05, 0) is 99.7 Å². The Hall–Kier alpha value is -1.52. The second kappa shape index (κ2) is 15.6. The van der Waals surface area contributed by atoms with E-state index in [9.17, 15) is 17.6 Å². The monoisotopic (exact) mass is 648 g/mol. The fourth-order valence-electron chi connectivity index (χ4n) is 8.25. The molecule has 0 amide bonds. The van der Waals surface area contributed by atoms with E-state index in [4.69, 9.17) is 14.2 Å². The van der Waals surface area contributed by atoms with Gasteiger partial charge < -0.3 is 18.9 Å². The van der Waals surface area contributed by atoms with Crippen LogP contribution in [0.2, 0.25) is 0 Å². The number of benzene rings is 1. The Balaban J connectivity index is 0.997. The number of rotatable bonds is 11. The first kappa shape index (κ1) is 34.8. The minimum Gasteiger partial charge on any atom is -0.403 e. The number of ether oxygens (including phenoxy) is 4. The summed E-state index contributed by atoms with van der Waals surface area (Å²) in [6, 6.07) is 3.41. The maximum absolute atomic E-state index is 15.2. The van der Waals surface area contributed by atoms with Crippen LogP contribution in [0.3, 0.4) is 0 Å². The topological polar surface area (TPSA) is 36.9 Å². The molecule has 1 aromatic carbocycles. The van der Waals surface area contributed by atoms with Crippen molar-refractivity contribution in [1.29, 1.82) is 0 Å². The molecule has 0 atom stereocenters. The van der Waals surface area contributed by atoms with Crippen LogP contribution in [0, 0.1) is 35.4 Å². The Bertz CT molecular complexity index is 1040. The molecule has 1 saturated heterocycles. The maximum atomic E-state index is 15.2. The number of alkyl halides is 5. The molecule has 5 rings (SSSR count). The molecule has 4 nitrogen and oxygen atoms in total. The molecule has 3 aliphatic carbocycles. The minimum atomic E-state index is -4.98. The first-order chi connectivity index (χ1) is 21.5. The first-order valence-electron chi connectivity index (χ1n) is 17.3. The van der Waals surface area contributed by atoms with E-state index in [0.717, 1.165) is 18.1 Å². The van der Waals surface area contributed by atoms with E-state index in [0.29, 0.717) is 82.0 Å². The van der Waals surface area contributed by atoms with Crippen molar-refractivity contribution in [2.24, 2.45) is 29.6 Å². The van der Waals surface area contributed by atoms with E-state index >= 15 is 8.78 Å². The van der Waals surface area contributed by atoms with Crippen molar-refractivity contribution in [3.8, 4) is 5.75 Å². The lowest BCUT2D eigenvalue weighted by molar-refractivity contribution is -0.305. The molecule has 0 spiro atoms. The predicted molar refractivity (Wildman–Crippen MR) is 158 cm³/mol. The molecule has 1 aromatic rings. The second-order valence-corrected chi connectivity index (χ2v) is 14.1. The van der Waals surface area contributed by atoms with Crippen LogP contribution in [-0.4, -0.2) is 38.1 Å². The summed E-state index contributed by atoms with van der Waals surface area (Å²) < 4.78 is 103. The van der Waals surface area contributed by atoms with Crippen LogP contribution in [0.25, 0.3) is 0 Å². The fraction of sp³-hybridized carbons (Fsp3) is 0.829. The highest BCUT2D eigenvalue weighted by Crippen LogP contribution is 2.45. The molecular formula is C35H50F6O4. The van der Waals surface area contributed by atoms with Gasteiger partial charge in [-0.25, -0.2) is 4.39 Å². The van der Waals surface area contributed by atoms with Gasteiger partial charge in [0.2, 0.25) is 0 Å². The summed E-state index contributed by atoms with van der Waals surface area (Å²) in [6.07, 6.45) is 5.01. The molecule has 0 aromatic heterocycles. The highest BCUT2D eigenvalue weighted by atomic mass is 19.4. The van der Waals surface area contributed by atoms with Crippen LogP contribution < -0.4 is 4.74 Å². The van der Waals surface area contributed by atoms with Crippen molar-refractivity contribution >= 4 is 0 Å². The third kappa shape index (κ3) is 9.75. The summed E-state index contributed by atoms with van der Waals surface area (Å²) in [5.41, 5.74) is 0.536. The third-order valence-electron chi connectivity index (χ3n) is 11.0. The van der Waals surface area contributed by atoms with Gasteiger partial charge in [0.25, 0.3) is 0 Å². The van der Waals surface area contributed by atoms with Crippen LogP contribution in [0.5, 0.6) is 5.75 Å². The third-order valence-corrected chi connectivity index (χ3v) is 11.0. The predicted octanol–water partition coefficient (Wildman–Crippen LogP) is 10.5. The quantitative estimate of drug-likeness (QED) is 0.177. The van der Waals surface area contributed by atoms with Gasteiger partial charge in [-0.2, -0.15) is 8.78 Å². The number of halogens is 6. The van der Waals surface area contributed by atoms with Gasteiger partial charge in [-0.3, -0.25) is 0 Å². The molecule has 1 aliphatic heterocycles. The summed E-state index contributed by atoms with van der Waals surface area (Å²) in [5, 5.41) is 0. The van der Waals surface area contributed by atoms with Gasteiger partial charge in [0.1, 0.15) is 0 Å². The largest absolute Gasteiger partial charge is 0.573 e. The van der Waals surface area contributed by atoms with Gasteiger partial charge in [0.15, 0.2) is 17.9 Å². The van der Waals surface area contributed by atoms with Crippen molar-refractivity contribution in [1.82, 2.24) is 0 Å². The molecule has 1 heterocycles. The zero-order valence-corrected chi connectivity index (χ0v) is 26.5. The van der Waals surface area contributed by atoms with Gasteiger partial charge in [-0.1, -0.05) is 51.5 Å². The molecule has 256 valence electrons. The highest BCUT2D eigenvalue weighted by Gasteiger charge is 2.46. The minimum absolute atomic E-state index is 0.121. The number of hydrogen-bond donors (Lipinski definition) is 0. The van der Waals surface area contributed by atoms with Crippen LogP contribution in [0.15, 0.2) is 18.2 Å². The second-order valence-electron chi connectivity index (χ2n) is 14.1. The lowest BCUT2D eigenvalue weighted by Gasteiger charge is -2.42. The lowest BCUT2D eigenvalue weighted by Crippen LogP contribution is -2.43. The highest BCUT2D eigenvalue weighted by molar-refractivity contribution is 5.31. The van der Waals surface area contributed by atoms with E-state index in [-0.39, 0.29) is 18.1 Å². The molecule has 0 bridgehead atoms. The van der Waals surface area contributed by atoms with E-state index in [1.54, 1.807) is 0 Å². The SMILES string of the molecule is CCCCCC1CCC(C2COC(C3CCC(C(F)(F)OC4CCC(c5ccc(OC(F)(F)F)c(F)c5)CC4)CC3)OC2)CC1. The van der Waals surface area contributed by atoms with E-state index in [1.165, 1.54) is 57.4 Å². The smallest absolute Gasteiger partial charge is 0.403 e. The Kier molecular flexibility index (Phi) is 12.1. The standard InChI is InChI=1S/C35H50F6O4/c1-2-3-4-5-23-6-8-25(9-7-23)28-21-42-33(43-22-28)26-10-15-29(16-11-26)34(37,38)44-30-17-12-24(13-18-30)27-14-19-32(31(36)20-27)45-35(39,40)41/h14,19-20,23-26,28-30,33H,2-13,15-18,21-22H2,1H3. The first-order valence-corrected chi connectivity index (χ1v) is 17.3. The summed E-state index contributed by atoms with van der Waals surface area (Å²) in [5.74, 6) is -0.872. The maximum Gasteiger partial charge on any atom is 0.573 e. The van der Waals surface area contributed by atoms with Crippen molar-refractivity contribution < 1.29 is 45.3 Å². The molecule has 0 unspecified atom stereocenters. The van der Waals surface area contributed by atoms with E-state index < -0.39 is 36.1 Å². The Morgan fingerprint density at radius 2 is 1.40 bits per heavy atom. The van der Waals surface area contributed by atoms with Crippen LogP contribution >= 0.6 is 0 Å². The van der Waals surface area contributed by atoms with E-state index in [1.807, 2.05) is 0 Å². The van der Waals surface area contributed by atoms with Gasteiger partial charge in [0, 0.05) is 11.8 Å². The summed E-state index contributed by atoms with van der Waals surface area (Å²) in [6.45, 7) is 3.66. The van der Waals surface area contributed by atoms with Crippen molar-refractivity contribution in [2.45, 2.75) is 140 Å². The van der Waals surface area contributed by atoms with Crippen molar-refractivity contribution in [3.05, 3.63) is 29.6 Å². The van der Waals surface area contributed by atoms with Crippen LogP contribution in [-0.2, 0) is 14.2 Å². The summed E-state index contributed by atoms with van der Waals surface area (Å²) in [4.78, 5) is 0.